The van der Waals surface area contributed by atoms with E-state index in [-0.39, 0.29) is 17.3 Å². The van der Waals surface area contributed by atoms with Crippen LogP contribution in [0, 0.1) is 10.1 Å². The van der Waals surface area contributed by atoms with Crippen LogP contribution in [-0.4, -0.2) is 38.9 Å². The number of benzene rings is 1. The lowest BCUT2D eigenvalue weighted by molar-refractivity contribution is -0.384. The fourth-order valence-electron chi connectivity index (χ4n) is 2.03. The summed E-state index contributed by atoms with van der Waals surface area (Å²) in [6.45, 7) is 1.44. The Morgan fingerprint density at radius 2 is 2.10 bits per heavy atom. The molecular weight excluding hydrogens is 264 g/mol. The zero-order valence-electron chi connectivity index (χ0n) is 10.9. The highest BCUT2D eigenvalue weighted by molar-refractivity contribution is 5.97. The van der Waals surface area contributed by atoms with Gasteiger partial charge in [0.25, 0.3) is 11.6 Å². The number of amides is 1. The first-order valence-corrected chi connectivity index (χ1v) is 6.21. The zero-order valence-corrected chi connectivity index (χ0v) is 10.9. The maximum Gasteiger partial charge on any atom is 0.326 e. The molecule has 1 amide bonds. The van der Waals surface area contributed by atoms with Gasteiger partial charge in [-0.3, -0.25) is 14.9 Å². The van der Waals surface area contributed by atoms with E-state index < -0.39 is 22.8 Å². The molecule has 1 unspecified atom stereocenters. The van der Waals surface area contributed by atoms with E-state index in [0.29, 0.717) is 0 Å². The van der Waals surface area contributed by atoms with E-state index in [0.717, 1.165) is 12.8 Å². The topological polar surface area (TPSA) is 101 Å². The minimum Gasteiger partial charge on any atom is -0.480 e. The van der Waals surface area contributed by atoms with Crippen molar-refractivity contribution >= 4 is 17.6 Å². The predicted molar refractivity (Wildman–Crippen MR) is 69.4 cm³/mol. The number of rotatable bonds is 5. The Kier molecular flexibility index (Phi) is 3.69. The van der Waals surface area contributed by atoms with Crippen molar-refractivity contribution in [3.8, 4) is 0 Å². The highest BCUT2D eigenvalue weighted by Crippen LogP contribution is 2.30. The Hall–Kier alpha value is -2.44. The zero-order chi connectivity index (χ0) is 14.9. The van der Waals surface area contributed by atoms with E-state index in [2.05, 4.69) is 0 Å². The monoisotopic (exact) mass is 278 g/mol. The number of carbonyl (C=O) groups is 2. The first-order chi connectivity index (χ1) is 9.41. The van der Waals surface area contributed by atoms with E-state index in [1.54, 1.807) is 0 Å². The second-order valence-corrected chi connectivity index (χ2v) is 4.77. The van der Waals surface area contributed by atoms with Gasteiger partial charge in [-0.2, -0.15) is 0 Å². The fraction of sp³-hybridized carbons (Fsp3) is 0.385. The summed E-state index contributed by atoms with van der Waals surface area (Å²) in [4.78, 5) is 34.9. The van der Waals surface area contributed by atoms with Gasteiger partial charge in [-0.25, -0.2) is 4.79 Å². The van der Waals surface area contributed by atoms with Crippen molar-refractivity contribution in [3.63, 3.8) is 0 Å². The SMILES string of the molecule is CC(C(=O)O)N(C(=O)c1cccc([N+](=O)[O-])c1)C1CC1. The third-order valence-corrected chi connectivity index (χ3v) is 3.25. The second-order valence-electron chi connectivity index (χ2n) is 4.77. The first kappa shape index (κ1) is 14.0. The van der Waals surface area contributed by atoms with Gasteiger partial charge in [-0.1, -0.05) is 6.07 Å². The van der Waals surface area contributed by atoms with E-state index in [1.165, 1.54) is 36.1 Å². The number of hydrogen-bond acceptors (Lipinski definition) is 4. The number of carboxylic acid groups (broad SMARTS) is 1. The van der Waals surface area contributed by atoms with E-state index >= 15 is 0 Å². The van der Waals surface area contributed by atoms with Gasteiger partial charge in [0, 0.05) is 23.7 Å². The van der Waals surface area contributed by atoms with Crippen LogP contribution in [-0.2, 0) is 4.79 Å². The van der Waals surface area contributed by atoms with Gasteiger partial charge in [-0.05, 0) is 25.8 Å². The van der Waals surface area contributed by atoms with Crippen LogP contribution in [0.1, 0.15) is 30.1 Å². The number of hydrogen-bond donors (Lipinski definition) is 1. The number of nitrogens with zero attached hydrogens (tertiary/aromatic N) is 2. The molecule has 1 N–H and O–H groups in total. The molecule has 0 aromatic heterocycles. The summed E-state index contributed by atoms with van der Waals surface area (Å²) < 4.78 is 0. The van der Waals surface area contributed by atoms with Gasteiger partial charge in [0.05, 0.1) is 4.92 Å². The lowest BCUT2D eigenvalue weighted by atomic mass is 10.1. The van der Waals surface area contributed by atoms with Crippen LogP contribution >= 0.6 is 0 Å². The fourth-order valence-corrected chi connectivity index (χ4v) is 2.03. The quantitative estimate of drug-likeness (QED) is 0.652. The average molecular weight is 278 g/mol. The first-order valence-electron chi connectivity index (χ1n) is 6.21. The van der Waals surface area contributed by atoms with Crippen LogP contribution in [0.2, 0.25) is 0 Å². The van der Waals surface area contributed by atoms with E-state index in [1.807, 2.05) is 0 Å². The molecule has 1 saturated carbocycles. The maximum absolute atomic E-state index is 12.4. The summed E-state index contributed by atoms with van der Waals surface area (Å²) in [6.07, 6.45) is 1.52. The van der Waals surface area contributed by atoms with Gasteiger partial charge in [0.2, 0.25) is 0 Å². The van der Waals surface area contributed by atoms with Crippen molar-refractivity contribution in [2.45, 2.75) is 31.8 Å². The molecule has 0 radical (unpaired) electrons. The maximum atomic E-state index is 12.4. The number of carbonyl (C=O) groups excluding carboxylic acids is 1. The number of aliphatic carboxylic acids is 1. The second kappa shape index (κ2) is 5.28. The van der Waals surface area contributed by atoms with Crippen molar-refractivity contribution < 1.29 is 19.6 Å². The Morgan fingerprint density at radius 1 is 1.45 bits per heavy atom. The van der Waals surface area contributed by atoms with Crippen molar-refractivity contribution in [2.24, 2.45) is 0 Å². The molecule has 0 aliphatic heterocycles. The summed E-state index contributed by atoms with van der Waals surface area (Å²) in [5.74, 6) is -1.57. The van der Waals surface area contributed by atoms with Crippen molar-refractivity contribution in [3.05, 3.63) is 39.9 Å². The third-order valence-electron chi connectivity index (χ3n) is 3.25. The molecule has 0 saturated heterocycles. The molecule has 106 valence electrons. The Labute approximate surface area is 115 Å². The average Bonchev–Trinajstić information content (AvgIpc) is 3.23. The number of nitro groups is 1. The largest absolute Gasteiger partial charge is 0.480 e. The minimum absolute atomic E-state index is 0.0899. The molecule has 1 atom stereocenters. The molecule has 7 heteroatoms. The minimum atomic E-state index is -1.09. The van der Waals surface area contributed by atoms with Gasteiger partial charge in [-0.15, -0.1) is 0 Å². The molecule has 1 aliphatic carbocycles. The molecule has 7 nitrogen and oxygen atoms in total. The van der Waals surface area contributed by atoms with Crippen LogP contribution in [0.25, 0.3) is 0 Å². The number of nitro benzene ring substituents is 1. The highest BCUT2D eigenvalue weighted by Gasteiger charge is 2.38. The van der Waals surface area contributed by atoms with Gasteiger partial charge in [0.15, 0.2) is 0 Å². The molecule has 2 rings (SSSR count). The van der Waals surface area contributed by atoms with Crippen LogP contribution in [0.4, 0.5) is 5.69 Å². The molecule has 20 heavy (non-hydrogen) atoms. The number of non-ortho nitro benzene ring substituents is 1. The van der Waals surface area contributed by atoms with Crippen molar-refractivity contribution in [1.29, 1.82) is 0 Å². The Balaban J connectivity index is 2.30. The van der Waals surface area contributed by atoms with Crippen molar-refractivity contribution in [1.82, 2.24) is 4.90 Å². The highest BCUT2D eigenvalue weighted by atomic mass is 16.6. The van der Waals surface area contributed by atoms with E-state index in [9.17, 15) is 19.7 Å². The smallest absolute Gasteiger partial charge is 0.326 e. The van der Waals surface area contributed by atoms with Crippen LogP contribution < -0.4 is 0 Å². The molecule has 0 spiro atoms. The Bertz CT molecular complexity index is 568. The normalized spacial score (nSPS) is 15.4. The lowest BCUT2D eigenvalue weighted by Gasteiger charge is -2.26. The van der Waals surface area contributed by atoms with Crippen molar-refractivity contribution in [2.75, 3.05) is 0 Å². The summed E-state index contributed by atoms with van der Waals surface area (Å²) >= 11 is 0. The van der Waals surface area contributed by atoms with Gasteiger partial charge >= 0.3 is 5.97 Å². The van der Waals surface area contributed by atoms with Crippen LogP contribution in [0.5, 0.6) is 0 Å². The summed E-state index contributed by atoms with van der Waals surface area (Å²) in [6, 6.07) is 4.30. The van der Waals surface area contributed by atoms with Crippen LogP contribution in [0.3, 0.4) is 0 Å². The molecule has 1 aromatic rings. The third kappa shape index (κ3) is 2.76. The molecule has 0 heterocycles. The lowest BCUT2D eigenvalue weighted by Crippen LogP contribution is -2.44. The van der Waals surface area contributed by atoms with Gasteiger partial charge < -0.3 is 10.0 Å². The summed E-state index contributed by atoms with van der Waals surface area (Å²) in [5.41, 5.74) is -0.0474. The van der Waals surface area contributed by atoms with Crippen LogP contribution in [0.15, 0.2) is 24.3 Å². The standard InChI is InChI=1S/C13H14N2O5/c1-8(13(17)18)14(10-5-6-10)12(16)9-3-2-4-11(7-9)15(19)20/h2-4,7-8,10H,5-6H2,1H3,(H,17,18). The molecule has 1 aliphatic rings. The molecule has 1 aromatic carbocycles. The van der Waals surface area contributed by atoms with E-state index in [4.69, 9.17) is 5.11 Å². The Morgan fingerprint density at radius 3 is 2.60 bits per heavy atom. The van der Waals surface area contributed by atoms with Gasteiger partial charge in [0.1, 0.15) is 6.04 Å². The molecule has 1 fully saturated rings. The summed E-state index contributed by atoms with van der Waals surface area (Å²) in [7, 11) is 0. The number of carboxylic acids is 1. The molecular formula is C13H14N2O5. The predicted octanol–water partition coefficient (Wildman–Crippen LogP) is 1.67. The summed E-state index contributed by atoms with van der Waals surface area (Å²) in [5, 5.41) is 19.8. The molecule has 0 bridgehead atoms.